The number of nitrogens with zero attached hydrogens (tertiary/aromatic N) is 1. The topological polar surface area (TPSA) is 42.0 Å². The number of hydrogen-bond acceptors (Lipinski definition) is 3. The number of benzene rings is 2. The van der Waals surface area contributed by atoms with Gasteiger partial charge in [0.2, 0.25) is 5.91 Å². The average Bonchev–Trinajstić information content (AvgIpc) is 3.06. The summed E-state index contributed by atoms with van der Waals surface area (Å²) < 4.78 is 1.02. The van der Waals surface area contributed by atoms with Crippen molar-refractivity contribution < 1.29 is 4.79 Å². The summed E-state index contributed by atoms with van der Waals surface area (Å²) in [7, 11) is 0. The van der Waals surface area contributed by atoms with Gasteiger partial charge in [-0.1, -0.05) is 67.7 Å². The van der Waals surface area contributed by atoms with Crippen molar-refractivity contribution in [2.45, 2.75) is 17.7 Å². The van der Waals surface area contributed by atoms with Gasteiger partial charge in [0.1, 0.15) is 0 Å². The molecular formula is C19H15Br2ClN2OS. The third-order valence-corrected chi connectivity index (χ3v) is 6.12. The van der Waals surface area contributed by atoms with Crippen molar-refractivity contribution in [2.75, 3.05) is 5.32 Å². The predicted molar refractivity (Wildman–Crippen MR) is 116 cm³/mol. The zero-order valence-electron chi connectivity index (χ0n) is 13.6. The summed E-state index contributed by atoms with van der Waals surface area (Å²) in [6.45, 7) is 0. The van der Waals surface area contributed by atoms with Crippen molar-refractivity contribution in [2.24, 2.45) is 0 Å². The lowest BCUT2D eigenvalue weighted by Gasteiger charge is -2.09. The second-order valence-corrected chi connectivity index (χ2v) is 9.29. The molecule has 7 heteroatoms. The number of alkyl halides is 1. The van der Waals surface area contributed by atoms with E-state index in [0.29, 0.717) is 11.6 Å². The molecule has 0 fully saturated rings. The number of halogens is 3. The van der Waals surface area contributed by atoms with Gasteiger partial charge in [-0.15, -0.1) is 11.3 Å². The minimum absolute atomic E-state index is 0.0969. The Morgan fingerprint density at radius 1 is 1.12 bits per heavy atom. The van der Waals surface area contributed by atoms with Gasteiger partial charge in [0, 0.05) is 27.0 Å². The lowest BCUT2D eigenvalue weighted by molar-refractivity contribution is -0.115. The monoisotopic (exact) mass is 512 g/mol. The van der Waals surface area contributed by atoms with Crippen LogP contribution in [0.1, 0.15) is 16.0 Å². The molecule has 0 unspecified atom stereocenters. The van der Waals surface area contributed by atoms with Crippen molar-refractivity contribution in [1.82, 2.24) is 4.98 Å². The number of thiazole rings is 1. The molecule has 0 aliphatic heterocycles. The highest BCUT2D eigenvalue weighted by molar-refractivity contribution is 9.10. The zero-order valence-corrected chi connectivity index (χ0v) is 18.3. The van der Waals surface area contributed by atoms with Gasteiger partial charge in [0.15, 0.2) is 5.13 Å². The van der Waals surface area contributed by atoms with E-state index >= 15 is 0 Å². The highest BCUT2D eigenvalue weighted by Gasteiger charge is 2.17. The smallest absolute Gasteiger partial charge is 0.240 e. The minimum Gasteiger partial charge on any atom is -0.301 e. The SMILES string of the molecule is O=C(Nc1ncc(Cc2ccc(Cl)cc2)s1)[C@@H](Br)Cc1ccc(Br)cc1. The summed E-state index contributed by atoms with van der Waals surface area (Å²) in [5.74, 6) is -0.0969. The fourth-order valence-corrected chi connectivity index (χ4v) is 4.08. The quantitative estimate of drug-likeness (QED) is 0.404. The number of nitrogens with one attached hydrogen (secondary N) is 1. The molecule has 3 aromatic rings. The Labute approximate surface area is 178 Å². The Bertz CT molecular complexity index is 881. The molecule has 1 atom stereocenters. The fourth-order valence-electron chi connectivity index (χ4n) is 2.35. The minimum atomic E-state index is -0.313. The van der Waals surface area contributed by atoms with Crippen LogP contribution in [0.2, 0.25) is 5.02 Å². The van der Waals surface area contributed by atoms with Crippen LogP contribution in [-0.2, 0) is 17.6 Å². The first-order valence-electron chi connectivity index (χ1n) is 7.88. The number of anilines is 1. The van der Waals surface area contributed by atoms with Gasteiger partial charge in [-0.05, 0) is 41.8 Å². The first-order valence-corrected chi connectivity index (χ1v) is 10.8. The van der Waals surface area contributed by atoms with Crippen LogP contribution in [0.25, 0.3) is 0 Å². The van der Waals surface area contributed by atoms with Crippen LogP contribution < -0.4 is 5.32 Å². The van der Waals surface area contributed by atoms with E-state index in [4.69, 9.17) is 11.6 Å². The summed E-state index contributed by atoms with van der Waals surface area (Å²) in [4.78, 5) is 17.5. The Morgan fingerprint density at radius 2 is 1.77 bits per heavy atom. The number of carbonyl (C=O) groups is 1. The summed E-state index contributed by atoms with van der Waals surface area (Å²) in [6, 6.07) is 15.7. The summed E-state index contributed by atoms with van der Waals surface area (Å²) in [6.07, 6.45) is 3.18. The second-order valence-electron chi connectivity index (χ2n) is 5.72. The molecular weight excluding hydrogens is 500 g/mol. The Kier molecular flexibility index (Phi) is 6.86. The Balaban J connectivity index is 1.56. The third kappa shape index (κ3) is 5.64. The third-order valence-electron chi connectivity index (χ3n) is 3.69. The van der Waals surface area contributed by atoms with E-state index in [1.807, 2.05) is 48.5 Å². The molecule has 0 saturated carbocycles. The number of amides is 1. The van der Waals surface area contributed by atoms with Gasteiger partial charge in [-0.25, -0.2) is 4.98 Å². The molecule has 1 amide bonds. The normalized spacial score (nSPS) is 12.0. The molecule has 3 nitrogen and oxygen atoms in total. The second kappa shape index (κ2) is 9.13. The molecule has 1 N–H and O–H groups in total. The number of hydrogen-bond donors (Lipinski definition) is 1. The van der Waals surface area contributed by atoms with Crippen LogP contribution in [0.15, 0.2) is 59.2 Å². The van der Waals surface area contributed by atoms with Crippen molar-refractivity contribution >= 4 is 65.8 Å². The number of aromatic nitrogens is 1. The highest BCUT2D eigenvalue weighted by Crippen LogP contribution is 2.23. The number of rotatable bonds is 6. The van der Waals surface area contributed by atoms with E-state index in [1.165, 1.54) is 11.3 Å². The first kappa shape index (κ1) is 19.5. The molecule has 2 aromatic carbocycles. The molecule has 0 aliphatic carbocycles. The summed E-state index contributed by atoms with van der Waals surface area (Å²) in [5.41, 5.74) is 2.25. The van der Waals surface area contributed by atoms with E-state index in [-0.39, 0.29) is 10.7 Å². The van der Waals surface area contributed by atoms with E-state index in [0.717, 1.165) is 31.9 Å². The maximum Gasteiger partial charge on any atom is 0.240 e. The van der Waals surface area contributed by atoms with Crippen LogP contribution in [-0.4, -0.2) is 15.7 Å². The van der Waals surface area contributed by atoms with Gasteiger partial charge < -0.3 is 5.32 Å². The van der Waals surface area contributed by atoms with E-state index < -0.39 is 0 Å². The van der Waals surface area contributed by atoms with Crippen LogP contribution in [0, 0.1) is 0 Å². The van der Waals surface area contributed by atoms with Crippen molar-refractivity contribution in [1.29, 1.82) is 0 Å². The maximum absolute atomic E-state index is 12.4. The lowest BCUT2D eigenvalue weighted by atomic mass is 10.1. The molecule has 0 aliphatic rings. The maximum atomic E-state index is 12.4. The zero-order chi connectivity index (χ0) is 18.5. The summed E-state index contributed by atoms with van der Waals surface area (Å²) >= 11 is 14.3. The molecule has 0 saturated heterocycles. The van der Waals surface area contributed by atoms with Gasteiger partial charge in [0.25, 0.3) is 0 Å². The van der Waals surface area contributed by atoms with Gasteiger partial charge in [-0.3, -0.25) is 4.79 Å². The van der Waals surface area contributed by atoms with E-state index in [1.54, 1.807) is 6.20 Å². The molecule has 1 aromatic heterocycles. The Hall–Kier alpha value is -1.21. The standard InChI is InChI=1S/C19H15Br2ClN2OS/c20-14-5-1-13(2-6-14)10-17(21)18(25)24-19-23-11-16(26-19)9-12-3-7-15(22)8-4-12/h1-8,11,17H,9-10H2,(H,23,24,25)/t17-/m0/s1. The van der Waals surface area contributed by atoms with E-state index in [9.17, 15) is 4.79 Å². The van der Waals surface area contributed by atoms with Crippen LogP contribution >= 0.6 is 54.8 Å². The molecule has 134 valence electrons. The summed E-state index contributed by atoms with van der Waals surface area (Å²) in [5, 5.41) is 4.21. The predicted octanol–water partition coefficient (Wildman–Crippen LogP) is 6.09. The van der Waals surface area contributed by atoms with Crippen molar-refractivity contribution in [3.8, 4) is 0 Å². The molecule has 0 spiro atoms. The number of carbonyl (C=O) groups excluding carboxylic acids is 1. The largest absolute Gasteiger partial charge is 0.301 e. The molecule has 1 heterocycles. The average molecular weight is 515 g/mol. The van der Waals surface area contributed by atoms with Crippen molar-refractivity contribution in [3.05, 3.63) is 80.2 Å². The van der Waals surface area contributed by atoms with Crippen LogP contribution in [0.3, 0.4) is 0 Å². The molecule has 0 bridgehead atoms. The van der Waals surface area contributed by atoms with Crippen molar-refractivity contribution in [3.63, 3.8) is 0 Å². The highest BCUT2D eigenvalue weighted by atomic mass is 79.9. The van der Waals surface area contributed by atoms with Crippen LogP contribution in [0.5, 0.6) is 0 Å². The van der Waals surface area contributed by atoms with Gasteiger partial charge in [-0.2, -0.15) is 0 Å². The first-order chi connectivity index (χ1) is 12.5. The van der Waals surface area contributed by atoms with E-state index in [2.05, 4.69) is 42.2 Å². The van der Waals surface area contributed by atoms with Gasteiger partial charge in [0.05, 0.1) is 4.83 Å². The Morgan fingerprint density at radius 3 is 2.46 bits per heavy atom. The molecule has 3 rings (SSSR count). The van der Waals surface area contributed by atoms with Gasteiger partial charge >= 0.3 is 0 Å². The lowest BCUT2D eigenvalue weighted by Crippen LogP contribution is -2.24. The molecule has 0 radical (unpaired) electrons. The fraction of sp³-hybridized carbons (Fsp3) is 0.158. The molecule has 26 heavy (non-hydrogen) atoms. The van der Waals surface area contributed by atoms with Crippen LogP contribution in [0.4, 0.5) is 5.13 Å².